The van der Waals surface area contributed by atoms with Crippen LogP contribution in [0.4, 0.5) is 0 Å². The Labute approximate surface area is 108 Å². The van der Waals surface area contributed by atoms with Gasteiger partial charge in [-0.1, -0.05) is 12.1 Å². The Morgan fingerprint density at radius 1 is 1.21 bits per heavy atom. The number of aromatic nitrogens is 4. The molecule has 0 saturated carbocycles. The molecule has 0 aliphatic heterocycles. The number of aromatic amines is 1. The standard InChI is InChI=1S/C13H9N5O/c14-5-8-19-10-4-2-1-3-9(10)11-17-12-13(18-11)16-7-6-15-12/h1-4,6-7H,8H2,(H,15,16,17,18). The molecule has 0 amide bonds. The molecule has 0 bridgehead atoms. The number of nitrogens with one attached hydrogen (secondary N) is 1. The first kappa shape index (κ1) is 11.2. The smallest absolute Gasteiger partial charge is 0.197 e. The van der Waals surface area contributed by atoms with E-state index >= 15 is 0 Å². The van der Waals surface area contributed by atoms with Gasteiger partial charge in [0.2, 0.25) is 0 Å². The van der Waals surface area contributed by atoms with E-state index < -0.39 is 0 Å². The average Bonchev–Trinajstić information content (AvgIpc) is 2.89. The number of benzene rings is 1. The van der Waals surface area contributed by atoms with E-state index in [9.17, 15) is 0 Å². The van der Waals surface area contributed by atoms with Gasteiger partial charge in [-0.05, 0) is 12.1 Å². The minimum absolute atomic E-state index is 0.00621. The molecule has 1 aromatic carbocycles. The van der Waals surface area contributed by atoms with Gasteiger partial charge < -0.3 is 9.72 Å². The first-order valence-corrected chi connectivity index (χ1v) is 5.64. The first-order valence-electron chi connectivity index (χ1n) is 5.64. The molecule has 0 aliphatic carbocycles. The maximum absolute atomic E-state index is 8.58. The van der Waals surface area contributed by atoms with Crippen molar-refractivity contribution in [3.63, 3.8) is 0 Å². The van der Waals surface area contributed by atoms with Crippen molar-refractivity contribution in [3.8, 4) is 23.2 Å². The van der Waals surface area contributed by atoms with Gasteiger partial charge in [0, 0.05) is 12.4 Å². The summed E-state index contributed by atoms with van der Waals surface area (Å²) in [4.78, 5) is 15.7. The maximum Gasteiger partial charge on any atom is 0.197 e. The molecule has 0 aliphatic rings. The number of ether oxygens (including phenoxy) is 1. The lowest BCUT2D eigenvalue weighted by atomic mass is 10.2. The number of H-pyrrole nitrogens is 1. The van der Waals surface area contributed by atoms with Crippen LogP contribution in [0.25, 0.3) is 22.7 Å². The van der Waals surface area contributed by atoms with E-state index in [1.165, 1.54) is 0 Å². The Bertz CT molecular complexity index is 726. The van der Waals surface area contributed by atoms with E-state index in [1.807, 2.05) is 24.3 Å². The number of imidazole rings is 1. The zero-order chi connectivity index (χ0) is 13.1. The highest BCUT2D eigenvalue weighted by Crippen LogP contribution is 2.28. The third-order valence-corrected chi connectivity index (χ3v) is 2.57. The van der Waals surface area contributed by atoms with Crippen molar-refractivity contribution in [1.82, 2.24) is 19.9 Å². The molecule has 0 saturated heterocycles. The molecular formula is C13H9N5O. The van der Waals surface area contributed by atoms with E-state index in [2.05, 4.69) is 19.9 Å². The highest BCUT2D eigenvalue weighted by atomic mass is 16.5. The molecule has 0 spiro atoms. The van der Waals surface area contributed by atoms with Crippen LogP contribution in [0.3, 0.4) is 0 Å². The Morgan fingerprint density at radius 2 is 2.05 bits per heavy atom. The molecule has 2 aromatic heterocycles. The number of nitriles is 1. The molecule has 0 unspecified atom stereocenters. The fourth-order valence-corrected chi connectivity index (χ4v) is 1.77. The number of rotatable bonds is 3. The van der Waals surface area contributed by atoms with Gasteiger partial charge in [0.05, 0.1) is 5.56 Å². The van der Waals surface area contributed by atoms with Gasteiger partial charge >= 0.3 is 0 Å². The number of hydrogen-bond acceptors (Lipinski definition) is 5. The summed E-state index contributed by atoms with van der Waals surface area (Å²) in [5.74, 6) is 1.22. The Kier molecular flexibility index (Phi) is 2.79. The summed E-state index contributed by atoms with van der Waals surface area (Å²) in [6.07, 6.45) is 3.19. The fourth-order valence-electron chi connectivity index (χ4n) is 1.77. The Morgan fingerprint density at radius 3 is 2.89 bits per heavy atom. The normalized spacial score (nSPS) is 10.3. The van der Waals surface area contributed by atoms with Crippen LogP contribution in [0.5, 0.6) is 5.75 Å². The SMILES string of the molecule is N#CCOc1ccccc1-c1nc2nccnc2[nH]1. The van der Waals surface area contributed by atoms with E-state index in [4.69, 9.17) is 10.00 Å². The monoisotopic (exact) mass is 251 g/mol. The second-order valence-electron chi connectivity index (χ2n) is 3.76. The summed E-state index contributed by atoms with van der Waals surface area (Å²) in [5.41, 5.74) is 1.94. The number of hydrogen-bond donors (Lipinski definition) is 1. The lowest BCUT2D eigenvalue weighted by Gasteiger charge is -2.06. The van der Waals surface area contributed by atoms with Crippen LogP contribution in [-0.2, 0) is 0 Å². The van der Waals surface area contributed by atoms with Crippen molar-refractivity contribution >= 4 is 11.3 Å². The molecule has 2 heterocycles. The van der Waals surface area contributed by atoms with Crippen LogP contribution in [0.15, 0.2) is 36.7 Å². The molecular weight excluding hydrogens is 242 g/mol. The van der Waals surface area contributed by atoms with Gasteiger partial charge in [0.1, 0.15) is 17.6 Å². The third-order valence-electron chi connectivity index (χ3n) is 2.57. The molecule has 6 heteroatoms. The van der Waals surface area contributed by atoms with Gasteiger partial charge in [0.15, 0.2) is 17.9 Å². The largest absolute Gasteiger partial charge is 0.478 e. The van der Waals surface area contributed by atoms with Gasteiger partial charge in [-0.3, -0.25) is 0 Å². The molecule has 3 rings (SSSR count). The van der Waals surface area contributed by atoms with Gasteiger partial charge in [0.25, 0.3) is 0 Å². The molecule has 6 nitrogen and oxygen atoms in total. The number of nitrogens with zero attached hydrogens (tertiary/aromatic N) is 4. The van der Waals surface area contributed by atoms with E-state index in [0.717, 1.165) is 5.56 Å². The van der Waals surface area contributed by atoms with Crippen molar-refractivity contribution in [2.24, 2.45) is 0 Å². The lowest BCUT2D eigenvalue weighted by molar-refractivity contribution is 0.369. The first-order chi connectivity index (χ1) is 9.38. The van der Waals surface area contributed by atoms with Gasteiger partial charge in [-0.15, -0.1) is 0 Å². The molecule has 0 fully saturated rings. The van der Waals surface area contributed by atoms with Crippen molar-refractivity contribution in [2.75, 3.05) is 6.61 Å². The Hall–Kier alpha value is -2.94. The van der Waals surface area contributed by atoms with Crippen LogP contribution < -0.4 is 4.74 Å². The summed E-state index contributed by atoms with van der Waals surface area (Å²) in [7, 11) is 0. The van der Waals surface area contributed by atoms with Crippen molar-refractivity contribution in [3.05, 3.63) is 36.7 Å². The molecule has 0 radical (unpaired) electrons. The third kappa shape index (κ3) is 2.09. The molecule has 92 valence electrons. The van der Waals surface area contributed by atoms with Crippen LogP contribution in [0, 0.1) is 11.3 Å². The quantitative estimate of drug-likeness (QED) is 0.768. The molecule has 3 aromatic rings. The van der Waals surface area contributed by atoms with Crippen LogP contribution in [0.2, 0.25) is 0 Å². The fraction of sp³-hybridized carbons (Fsp3) is 0.0769. The van der Waals surface area contributed by atoms with Crippen LogP contribution >= 0.6 is 0 Å². The van der Waals surface area contributed by atoms with E-state index in [1.54, 1.807) is 18.5 Å². The predicted octanol–water partition coefficient (Wildman–Crippen LogP) is 1.92. The van der Waals surface area contributed by atoms with E-state index in [0.29, 0.717) is 22.9 Å². The van der Waals surface area contributed by atoms with Gasteiger partial charge in [-0.2, -0.15) is 5.26 Å². The summed E-state index contributed by atoms with van der Waals surface area (Å²) in [5, 5.41) is 8.58. The van der Waals surface area contributed by atoms with Crippen LogP contribution in [0.1, 0.15) is 0 Å². The van der Waals surface area contributed by atoms with Gasteiger partial charge in [-0.25, -0.2) is 15.0 Å². The predicted molar refractivity (Wildman–Crippen MR) is 68.2 cm³/mol. The zero-order valence-corrected chi connectivity index (χ0v) is 9.87. The average molecular weight is 251 g/mol. The summed E-state index contributed by atoms with van der Waals surface area (Å²) in [6.45, 7) is -0.00621. The second-order valence-corrected chi connectivity index (χ2v) is 3.76. The maximum atomic E-state index is 8.58. The Balaban J connectivity index is 2.08. The summed E-state index contributed by atoms with van der Waals surface area (Å²) >= 11 is 0. The second kappa shape index (κ2) is 4.74. The minimum atomic E-state index is -0.00621. The zero-order valence-electron chi connectivity index (χ0n) is 9.87. The van der Waals surface area contributed by atoms with Crippen molar-refractivity contribution in [1.29, 1.82) is 5.26 Å². The van der Waals surface area contributed by atoms with E-state index in [-0.39, 0.29) is 6.61 Å². The highest BCUT2D eigenvalue weighted by Gasteiger charge is 2.11. The molecule has 19 heavy (non-hydrogen) atoms. The number of fused-ring (bicyclic) bond motifs is 1. The molecule has 0 atom stereocenters. The lowest BCUT2D eigenvalue weighted by Crippen LogP contribution is -1.96. The minimum Gasteiger partial charge on any atom is -0.478 e. The number of para-hydroxylation sites is 1. The van der Waals surface area contributed by atoms with Crippen LogP contribution in [-0.4, -0.2) is 26.5 Å². The topological polar surface area (TPSA) is 87.5 Å². The van der Waals surface area contributed by atoms with Crippen molar-refractivity contribution < 1.29 is 4.74 Å². The van der Waals surface area contributed by atoms with Crippen molar-refractivity contribution in [2.45, 2.75) is 0 Å². The molecule has 1 N–H and O–H groups in total. The summed E-state index contributed by atoms with van der Waals surface area (Å²) < 4.78 is 5.37. The highest BCUT2D eigenvalue weighted by molar-refractivity contribution is 5.74. The summed E-state index contributed by atoms with van der Waals surface area (Å²) in [6, 6.07) is 9.32.